The summed E-state index contributed by atoms with van der Waals surface area (Å²) < 4.78 is 36.9. The minimum absolute atomic E-state index is 0.252. The monoisotopic (exact) mass is 335 g/mol. The van der Waals surface area contributed by atoms with Crippen molar-refractivity contribution in [1.82, 2.24) is 5.32 Å². The van der Waals surface area contributed by atoms with E-state index in [1.807, 2.05) is 18.2 Å². The number of nitrogens with one attached hydrogen (secondary N) is 1. The fraction of sp³-hybridized carbons (Fsp3) is 0.462. The van der Waals surface area contributed by atoms with Gasteiger partial charge in [-0.1, -0.05) is 22.0 Å². The Morgan fingerprint density at radius 1 is 1.32 bits per heavy atom. The highest BCUT2D eigenvalue weighted by Crippen LogP contribution is 2.29. The van der Waals surface area contributed by atoms with Crippen LogP contribution in [0.25, 0.3) is 0 Å². The van der Waals surface area contributed by atoms with Crippen LogP contribution in [0.3, 0.4) is 0 Å². The molecule has 1 aliphatic rings. The molecule has 1 unspecified atom stereocenters. The van der Waals surface area contributed by atoms with Crippen molar-refractivity contribution in [3.63, 3.8) is 0 Å². The first-order valence-corrected chi connectivity index (χ1v) is 6.76. The first-order valence-electron chi connectivity index (χ1n) is 5.97. The van der Waals surface area contributed by atoms with Gasteiger partial charge in [0.1, 0.15) is 0 Å². The average molecular weight is 336 g/mol. The van der Waals surface area contributed by atoms with Gasteiger partial charge in [-0.3, -0.25) is 4.79 Å². The second-order valence-corrected chi connectivity index (χ2v) is 5.59. The van der Waals surface area contributed by atoms with Crippen molar-refractivity contribution in [2.24, 2.45) is 5.92 Å². The Hall–Kier alpha value is -1.04. The molecule has 0 saturated carbocycles. The lowest BCUT2D eigenvalue weighted by atomic mass is 10.1. The summed E-state index contributed by atoms with van der Waals surface area (Å²) in [6.07, 6.45) is -4.02. The van der Waals surface area contributed by atoms with Gasteiger partial charge in [0.15, 0.2) is 0 Å². The van der Waals surface area contributed by atoms with Crippen LogP contribution in [-0.4, -0.2) is 18.6 Å². The molecule has 2 rings (SSSR count). The first kappa shape index (κ1) is 14.4. The molecule has 1 aromatic carbocycles. The predicted octanol–water partition coefficient (Wildman–Crippen LogP) is 3.23. The summed E-state index contributed by atoms with van der Waals surface area (Å²) in [7, 11) is 0. The van der Waals surface area contributed by atoms with Crippen LogP contribution < -0.4 is 5.32 Å². The van der Waals surface area contributed by atoms with Gasteiger partial charge in [0.05, 0.1) is 6.42 Å². The normalized spacial score (nSPS) is 18.2. The lowest BCUT2D eigenvalue weighted by Crippen LogP contribution is -2.33. The number of carbonyl (C=O) groups is 1. The molecule has 0 radical (unpaired) electrons. The Morgan fingerprint density at radius 2 is 2.00 bits per heavy atom. The van der Waals surface area contributed by atoms with Crippen LogP contribution in [0.5, 0.6) is 0 Å². The van der Waals surface area contributed by atoms with Crippen LogP contribution in [0.1, 0.15) is 17.5 Å². The first-order chi connectivity index (χ1) is 8.85. The predicted molar refractivity (Wildman–Crippen MR) is 68.7 cm³/mol. The smallest absolute Gasteiger partial charge is 0.356 e. The molecule has 0 aliphatic heterocycles. The van der Waals surface area contributed by atoms with Crippen molar-refractivity contribution >= 4 is 21.8 Å². The number of amides is 1. The number of carbonyl (C=O) groups excluding carboxylic acids is 1. The van der Waals surface area contributed by atoms with Gasteiger partial charge in [-0.2, -0.15) is 13.2 Å². The number of hydrogen-bond donors (Lipinski definition) is 1. The third-order valence-electron chi connectivity index (χ3n) is 3.18. The van der Waals surface area contributed by atoms with Gasteiger partial charge in [0.25, 0.3) is 0 Å². The number of fused-ring (bicyclic) bond motifs is 1. The zero-order chi connectivity index (χ0) is 14.0. The zero-order valence-electron chi connectivity index (χ0n) is 10.1. The number of hydrogen-bond acceptors (Lipinski definition) is 1. The maximum absolute atomic E-state index is 12.0. The van der Waals surface area contributed by atoms with Crippen molar-refractivity contribution in [3.8, 4) is 0 Å². The van der Waals surface area contributed by atoms with Crippen molar-refractivity contribution in [2.45, 2.75) is 25.4 Å². The summed E-state index contributed by atoms with van der Waals surface area (Å²) in [6.45, 7) is -0.348. The topological polar surface area (TPSA) is 29.1 Å². The largest absolute Gasteiger partial charge is 0.390 e. The Labute approximate surface area is 117 Å². The molecule has 2 nitrogen and oxygen atoms in total. The van der Waals surface area contributed by atoms with Crippen LogP contribution in [0.2, 0.25) is 0 Å². The average Bonchev–Trinajstić information content (AvgIpc) is 2.70. The van der Waals surface area contributed by atoms with Crippen molar-refractivity contribution < 1.29 is 18.0 Å². The third-order valence-corrected chi connectivity index (χ3v) is 3.67. The second kappa shape index (κ2) is 5.53. The molecule has 0 heterocycles. The summed E-state index contributed by atoms with van der Waals surface area (Å²) in [5.41, 5.74) is 2.18. The SMILES string of the molecule is O=C(NCCC(F)(F)F)C1Cc2ccc(Br)cc2C1. The van der Waals surface area contributed by atoms with Gasteiger partial charge in [0.2, 0.25) is 5.91 Å². The molecule has 0 spiro atoms. The molecule has 6 heteroatoms. The summed E-state index contributed by atoms with van der Waals surface area (Å²) >= 11 is 3.36. The molecule has 19 heavy (non-hydrogen) atoms. The van der Waals surface area contributed by atoms with E-state index in [1.165, 1.54) is 0 Å². The van der Waals surface area contributed by atoms with E-state index < -0.39 is 12.6 Å². The quantitative estimate of drug-likeness (QED) is 0.902. The fourth-order valence-corrected chi connectivity index (χ4v) is 2.65. The summed E-state index contributed by atoms with van der Waals surface area (Å²) in [6, 6.07) is 5.81. The van der Waals surface area contributed by atoms with E-state index in [4.69, 9.17) is 0 Å². The standard InChI is InChI=1S/C13H13BrF3NO/c14-11-2-1-8-5-10(6-9(8)7-11)12(19)18-4-3-13(15,16)17/h1-2,7,10H,3-6H2,(H,18,19). The van der Waals surface area contributed by atoms with Crippen LogP contribution >= 0.6 is 15.9 Å². The van der Waals surface area contributed by atoms with Crippen LogP contribution in [0.4, 0.5) is 13.2 Å². The second-order valence-electron chi connectivity index (χ2n) is 4.67. The minimum Gasteiger partial charge on any atom is -0.356 e. The van der Waals surface area contributed by atoms with E-state index in [1.54, 1.807) is 0 Å². The lowest BCUT2D eigenvalue weighted by molar-refractivity contribution is -0.136. The third kappa shape index (κ3) is 3.96. The highest BCUT2D eigenvalue weighted by atomic mass is 79.9. The molecular formula is C13H13BrF3NO. The minimum atomic E-state index is -4.23. The molecule has 1 aromatic rings. The van der Waals surface area contributed by atoms with E-state index in [9.17, 15) is 18.0 Å². The zero-order valence-corrected chi connectivity index (χ0v) is 11.6. The maximum Gasteiger partial charge on any atom is 0.390 e. The Kier molecular flexibility index (Phi) is 4.18. The van der Waals surface area contributed by atoms with Crippen LogP contribution in [0.15, 0.2) is 22.7 Å². The molecule has 0 fully saturated rings. The maximum atomic E-state index is 12.0. The van der Waals surface area contributed by atoms with Gasteiger partial charge in [-0.05, 0) is 36.1 Å². The fourth-order valence-electron chi connectivity index (χ4n) is 2.24. The molecule has 1 N–H and O–H groups in total. The molecule has 1 atom stereocenters. The van der Waals surface area contributed by atoms with Gasteiger partial charge in [-0.15, -0.1) is 0 Å². The molecule has 0 aromatic heterocycles. The Morgan fingerprint density at radius 3 is 2.68 bits per heavy atom. The van der Waals surface area contributed by atoms with Gasteiger partial charge in [0, 0.05) is 16.9 Å². The van der Waals surface area contributed by atoms with Crippen molar-refractivity contribution in [1.29, 1.82) is 0 Å². The number of halogens is 4. The van der Waals surface area contributed by atoms with Crippen molar-refractivity contribution in [2.75, 3.05) is 6.54 Å². The van der Waals surface area contributed by atoms with Crippen molar-refractivity contribution in [3.05, 3.63) is 33.8 Å². The summed E-state index contributed by atoms with van der Waals surface area (Å²) in [5, 5.41) is 2.36. The lowest BCUT2D eigenvalue weighted by Gasteiger charge is -2.11. The highest BCUT2D eigenvalue weighted by molar-refractivity contribution is 9.10. The molecular weight excluding hydrogens is 323 g/mol. The van der Waals surface area contributed by atoms with E-state index in [0.717, 1.165) is 15.6 Å². The molecule has 0 saturated heterocycles. The van der Waals surface area contributed by atoms with E-state index in [2.05, 4.69) is 21.2 Å². The van der Waals surface area contributed by atoms with E-state index in [0.29, 0.717) is 12.8 Å². The number of alkyl halides is 3. The number of rotatable bonds is 3. The molecule has 1 aliphatic carbocycles. The molecule has 104 valence electrons. The van der Waals surface area contributed by atoms with Gasteiger partial charge >= 0.3 is 6.18 Å². The van der Waals surface area contributed by atoms with Gasteiger partial charge in [-0.25, -0.2) is 0 Å². The molecule has 0 bridgehead atoms. The van der Waals surface area contributed by atoms with E-state index in [-0.39, 0.29) is 18.4 Å². The highest BCUT2D eigenvalue weighted by Gasteiger charge is 2.29. The Balaban J connectivity index is 1.87. The van der Waals surface area contributed by atoms with Gasteiger partial charge < -0.3 is 5.32 Å². The van der Waals surface area contributed by atoms with E-state index >= 15 is 0 Å². The van der Waals surface area contributed by atoms with Crippen LogP contribution in [-0.2, 0) is 17.6 Å². The Bertz CT molecular complexity index is 487. The molecule has 1 amide bonds. The summed E-state index contributed by atoms with van der Waals surface area (Å²) in [5.74, 6) is -0.547. The number of benzene rings is 1. The van der Waals surface area contributed by atoms with Crippen LogP contribution in [0, 0.1) is 5.92 Å². The summed E-state index contributed by atoms with van der Waals surface area (Å²) in [4.78, 5) is 11.8.